The number of carbonyl (C=O) groups is 1. The smallest absolute Gasteiger partial charge is 0.233 e. The van der Waals surface area contributed by atoms with E-state index in [4.69, 9.17) is 4.74 Å². The van der Waals surface area contributed by atoms with Crippen LogP contribution in [0.4, 0.5) is 0 Å². The van der Waals surface area contributed by atoms with E-state index in [0.717, 1.165) is 12.7 Å². The largest absolute Gasteiger partial charge is 0.508 e. The van der Waals surface area contributed by atoms with Crippen LogP contribution in [0.1, 0.15) is 5.56 Å². The highest BCUT2D eigenvalue weighted by molar-refractivity contribution is 14.1. The van der Waals surface area contributed by atoms with Crippen LogP contribution in [-0.2, 0) is 11.3 Å². The molecule has 0 heterocycles. The minimum atomic E-state index is 0.120. The number of rotatable bonds is 5. The fourth-order valence-corrected chi connectivity index (χ4v) is 3.77. The number of benzene rings is 2. The van der Waals surface area contributed by atoms with Gasteiger partial charge in [0.1, 0.15) is 11.5 Å². The molecule has 0 aliphatic rings. The standard InChI is InChI=1S/C14H11I2NO4/c15-12-5-9(7-17(20)8-18)6-13(16)14(12)21-11-3-1-10(19)2-4-11/h1-6,8,19-20H,7H2. The van der Waals surface area contributed by atoms with Crippen molar-refractivity contribution in [2.24, 2.45) is 0 Å². The number of hydroxylamine groups is 2. The van der Waals surface area contributed by atoms with Crippen LogP contribution in [0.3, 0.4) is 0 Å². The molecule has 0 bridgehead atoms. The number of phenolic OH excluding ortho intramolecular Hbond substituents is 1. The number of amides is 1. The van der Waals surface area contributed by atoms with Crippen LogP contribution in [0.2, 0.25) is 0 Å². The fraction of sp³-hybridized carbons (Fsp3) is 0.0714. The number of phenols is 1. The SMILES string of the molecule is O=CN(O)Cc1cc(I)c(Oc2ccc(O)cc2)c(I)c1. The number of ether oxygens (including phenoxy) is 1. The van der Waals surface area contributed by atoms with Gasteiger partial charge in [0, 0.05) is 0 Å². The maximum Gasteiger partial charge on any atom is 0.233 e. The molecule has 0 aromatic heterocycles. The average Bonchev–Trinajstić information content (AvgIpc) is 2.44. The fourth-order valence-electron chi connectivity index (χ4n) is 1.66. The summed E-state index contributed by atoms with van der Waals surface area (Å²) in [4.78, 5) is 10.4. The third kappa shape index (κ3) is 4.45. The molecule has 0 radical (unpaired) electrons. The minimum absolute atomic E-state index is 0.120. The highest BCUT2D eigenvalue weighted by Crippen LogP contribution is 2.33. The molecule has 0 atom stereocenters. The molecule has 0 aliphatic carbocycles. The summed E-state index contributed by atoms with van der Waals surface area (Å²) in [6, 6.07) is 10.1. The quantitative estimate of drug-likeness (QED) is 0.278. The lowest BCUT2D eigenvalue weighted by Gasteiger charge is -2.14. The molecule has 2 rings (SSSR count). The average molecular weight is 511 g/mol. The second-order valence-electron chi connectivity index (χ2n) is 4.19. The van der Waals surface area contributed by atoms with Gasteiger partial charge in [-0.15, -0.1) is 0 Å². The molecule has 2 aromatic rings. The van der Waals surface area contributed by atoms with E-state index in [-0.39, 0.29) is 12.3 Å². The summed E-state index contributed by atoms with van der Waals surface area (Å²) in [6.45, 7) is 0.120. The van der Waals surface area contributed by atoms with E-state index in [1.807, 2.05) is 12.1 Å². The van der Waals surface area contributed by atoms with Gasteiger partial charge in [0.15, 0.2) is 5.75 Å². The molecule has 0 saturated carbocycles. The zero-order valence-electron chi connectivity index (χ0n) is 10.7. The van der Waals surface area contributed by atoms with Gasteiger partial charge in [-0.25, -0.2) is 5.06 Å². The Hall–Kier alpha value is -1.07. The lowest BCUT2D eigenvalue weighted by Crippen LogP contribution is -2.16. The Morgan fingerprint density at radius 3 is 2.24 bits per heavy atom. The van der Waals surface area contributed by atoms with Gasteiger partial charge in [-0.2, -0.15) is 0 Å². The lowest BCUT2D eigenvalue weighted by atomic mass is 10.2. The third-order valence-electron chi connectivity index (χ3n) is 2.58. The van der Waals surface area contributed by atoms with Gasteiger partial charge in [0.05, 0.1) is 13.7 Å². The first-order chi connectivity index (χ1) is 9.99. The Morgan fingerprint density at radius 2 is 1.71 bits per heavy atom. The van der Waals surface area contributed by atoms with Crippen LogP contribution in [0.5, 0.6) is 17.2 Å². The topological polar surface area (TPSA) is 70.0 Å². The third-order valence-corrected chi connectivity index (χ3v) is 4.18. The lowest BCUT2D eigenvalue weighted by molar-refractivity contribution is -0.152. The molecule has 2 aromatic carbocycles. The number of nitrogens with zero attached hydrogens (tertiary/aromatic N) is 1. The molecule has 7 heteroatoms. The second-order valence-corrected chi connectivity index (χ2v) is 6.51. The molecule has 0 fully saturated rings. The number of halogens is 2. The van der Waals surface area contributed by atoms with E-state index in [0.29, 0.717) is 23.0 Å². The number of hydrogen-bond donors (Lipinski definition) is 2. The Bertz CT molecular complexity index is 623. The van der Waals surface area contributed by atoms with Crippen LogP contribution < -0.4 is 4.74 Å². The van der Waals surface area contributed by atoms with Crippen LogP contribution in [-0.4, -0.2) is 21.8 Å². The zero-order valence-corrected chi connectivity index (χ0v) is 15.0. The van der Waals surface area contributed by atoms with E-state index in [9.17, 15) is 15.1 Å². The van der Waals surface area contributed by atoms with Crippen LogP contribution in [0.25, 0.3) is 0 Å². The molecular weight excluding hydrogens is 500 g/mol. The highest BCUT2D eigenvalue weighted by atomic mass is 127. The summed E-state index contributed by atoms with van der Waals surface area (Å²) < 4.78 is 7.54. The van der Waals surface area contributed by atoms with Gasteiger partial charge in [-0.3, -0.25) is 10.0 Å². The molecule has 1 amide bonds. The van der Waals surface area contributed by atoms with E-state index in [1.165, 1.54) is 0 Å². The normalized spacial score (nSPS) is 10.2. The molecule has 0 unspecified atom stereocenters. The first kappa shape index (κ1) is 16.3. The van der Waals surface area contributed by atoms with Gasteiger partial charge < -0.3 is 9.84 Å². The Labute approximate surface area is 148 Å². The summed E-state index contributed by atoms with van der Waals surface area (Å²) in [5.41, 5.74) is 0.802. The van der Waals surface area contributed by atoms with Gasteiger partial charge in [-0.05, 0) is 87.1 Å². The predicted octanol–water partition coefficient (Wildman–Crippen LogP) is 3.74. The molecule has 0 aliphatic heterocycles. The van der Waals surface area contributed by atoms with E-state index in [2.05, 4.69) is 45.2 Å². The molecule has 0 spiro atoms. The monoisotopic (exact) mass is 511 g/mol. The van der Waals surface area contributed by atoms with Crippen LogP contribution in [0, 0.1) is 7.14 Å². The molecule has 21 heavy (non-hydrogen) atoms. The summed E-state index contributed by atoms with van der Waals surface area (Å²) in [5, 5.41) is 19.1. The Kier molecular flexibility index (Phi) is 5.65. The predicted molar refractivity (Wildman–Crippen MR) is 93.5 cm³/mol. The van der Waals surface area contributed by atoms with Gasteiger partial charge in [-0.1, -0.05) is 0 Å². The molecule has 110 valence electrons. The van der Waals surface area contributed by atoms with E-state index < -0.39 is 0 Å². The minimum Gasteiger partial charge on any atom is -0.508 e. The van der Waals surface area contributed by atoms with Crippen molar-refractivity contribution in [1.82, 2.24) is 5.06 Å². The summed E-state index contributed by atoms with van der Waals surface area (Å²) in [5.74, 6) is 1.49. The van der Waals surface area contributed by atoms with Crippen molar-refractivity contribution in [3.63, 3.8) is 0 Å². The van der Waals surface area contributed by atoms with Gasteiger partial charge in [0.2, 0.25) is 6.41 Å². The van der Waals surface area contributed by atoms with E-state index >= 15 is 0 Å². The first-order valence-electron chi connectivity index (χ1n) is 5.85. The molecular formula is C14H11I2NO4. The van der Waals surface area contributed by atoms with Crippen molar-refractivity contribution in [1.29, 1.82) is 0 Å². The van der Waals surface area contributed by atoms with Gasteiger partial charge >= 0.3 is 0 Å². The van der Waals surface area contributed by atoms with Gasteiger partial charge in [0.25, 0.3) is 0 Å². The second kappa shape index (κ2) is 7.27. The molecule has 0 saturated heterocycles. The maximum absolute atomic E-state index is 10.4. The molecule has 2 N–H and O–H groups in total. The summed E-state index contributed by atoms with van der Waals surface area (Å²) in [6.07, 6.45) is 0.362. The Morgan fingerprint density at radius 1 is 1.14 bits per heavy atom. The zero-order chi connectivity index (χ0) is 15.4. The maximum atomic E-state index is 10.4. The van der Waals surface area contributed by atoms with Crippen molar-refractivity contribution in [3.05, 3.63) is 49.1 Å². The number of hydrogen-bond acceptors (Lipinski definition) is 4. The summed E-state index contributed by atoms with van der Waals surface area (Å²) in [7, 11) is 0. The highest BCUT2D eigenvalue weighted by Gasteiger charge is 2.11. The summed E-state index contributed by atoms with van der Waals surface area (Å²) >= 11 is 4.27. The molecule has 5 nitrogen and oxygen atoms in total. The van der Waals surface area contributed by atoms with E-state index in [1.54, 1.807) is 24.3 Å². The van der Waals surface area contributed by atoms with Crippen molar-refractivity contribution < 1.29 is 19.8 Å². The van der Waals surface area contributed by atoms with Crippen molar-refractivity contribution in [3.8, 4) is 17.2 Å². The van der Waals surface area contributed by atoms with Crippen molar-refractivity contribution in [2.45, 2.75) is 6.54 Å². The van der Waals surface area contributed by atoms with Crippen molar-refractivity contribution in [2.75, 3.05) is 0 Å². The number of carbonyl (C=O) groups excluding carboxylic acids is 1. The first-order valence-corrected chi connectivity index (χ1v) is 8.01. The van der Waals surface area contributed by atoms with Crippen LogP contribution >= 0.6 is 45.2 Å². The number of aromatic hydroxyl groups is 1. The van der Waals surface area contributed by atoms with Crippen molar-refractivity contribution >= 4 is 51.6 Å². The Balaban J connectivity index is 2.24. The van der Waals surface area contributed by atoms with Crippen LogP contribution in [0.15, 0.2) is 36.4 Å².